The molecule has 1 saturated carbocycles. The van der Waals surface area contributed by atoms with Crippen molar-refractivity contribution in [2.24, 2.45) is 23.7 Å². The highest BCUT2D eigenvalue weighted by atomic mass is 16.5. The summed E-state index contributed by atoms with van der Waals surface area (Å²) in [6.45, 7) is 11.0. The van der Waals surface area contributed by atoms with Crippen LogP contribution in [0, 0.1) is 23.7 Å². The average Bonchev–Trinajstić information content (AvgIpc) is 3.23. The molecule has 1 aromatic rings. The van der Waals surface area contributed by atoms with Crippen molar-refractivity contribution in [3.05, 3.63) is 35.9 Å². The highest BCUT2D eigenvalue weighted by Crippen LogP contribution is 2.46. The number of hydrogen-bond acceptors (Lipinski definition) is 2. The molecule has 0 amide bonds. The Kier molecular flexibility index (Phi) is 9.06. The summed E-state index contributed by atoms with van der Waals surface area (Å²) in [5.41, 5.74) is 1.56. The summed E-state index contributed by atoms with van der Waals surface area (Å²) < 4.78 is 5.94. The van der Waals surface area contributed by atoms with Crippen LogP contribution in [-0.4, -0.2) is 37.7 Å². The molecule has 0 spiro atoms. The molecule has 2 heteroatoms. The predicted octanol–water partition coefficient (Wildman–Crippen LogP) is 6.76. The van der Waals surface area contributed by atoms with Crippen LogP contribution < -0.4 is 0 Å². The summed E-state index contributed by atoms with van der Waals surface area (Å²) in [7, 11) is 1.93. The maximum Gasteiger partial charge on any atom is 0.0605 e. The van der Waals surface area contributed by atoms with Crippen molar-refractivity contribution in [2.75, 3.05) is 26.7 Å². The zero-order valence-corrected chi connectivity index (χ0v) is 19.5. The minimum absolute atomic E-state index is 0.457. The van der Waals surface area contributed by atoms with Crippen molar-refractivity contribution >= 4 is 0 Å². The van der Waals surface area contributed by atoms with Crippen molar-refractivity contribution in [3.63, 3.8) is 0 Å². The van der Waals surface area contributed by atoms with Crippen molar-refractivity contribution in [3.8, 4) is 0 Å². The van der Waals surface area contributed by atoms with Crippen LogP contribution in [0.25, 0.3) is 0 Å². The molecule has 1 heterocycles. The first kappa shape index (κ1) is 22.8. The second-order valence-corrected chi connectivity index (χ2v) is 9.97. The normalized spacial score (nSPS) is 27.0. The molecule has 3 rings (SSSR count). The van der Waals surface area contributed by atoms with E-state index in [1.54, 1.807) is 5.56 Å². The van der Waals surface area contributed by atoms with Crippen LogP contribution in [0.15, 0.2) is 30.3 Å². The molecule has 164 valence electrons. The van der Waals surface area contributed by atoms with E-state index in [0.717, 1.165) is 17.8 Å². The maximum absolute atomic E-state index is 5.94. The van der Waals surface area contributed by atoms with Crippen LogP contribution in [0.1, 0.15) is 83.6 Å². The summed E-state index contributed by atoms with van der Waals surface area (Å²) in [6.07, 6.45) is 11.1. The fourth-order valence-electron chi connectivity index (χ4n) is 6.17. The molecule has 5 atom stereocenters. The Morgan fingerprint density at radius 1 is 1.00 bits per heavy atom. The molecule has 2 fully saturated rings. The number of methoxy groups -OCH3 is 1. The van der Waals surface area contributed by atoms with E-state index < -0.39 is 0 Å². The lowest BCUT2D eigenvalue weighted by Gasteiger charge is -2.41. The first-order valence-corrected chi connectivity index (χ1v) is 12.5. The lowest BCUT2D eigenvalue weighted by molar-refractivity contribution is 0.0404. The van der Waals surface area contributed by atoms with Gasteiger partial charge in [-0.2, -0.15) is 0 Å². The van der Waals surface area contributed by atoms with Crippen LogP contribution >= 0.6 is 0 Å². The van der Waals surface area contributed by atoms with Gasteiger partial charge in [0.25, 0.3) is 0 Å². The number of rotatable bonds is 10. The zero-order chi connectivity index (χ0) is 20.6. The van der Waals surface area contributed by atoms with Crippen molar-refractivity contribution in [1.29, 1.82) is 0 Å². The molecule has 0 aromatic heterocycles. The number of likely N-dealkylation sites (tertiary alicyclic amines) is 1. The third kappa shape index (κ3) is 6.07. The second-order valence-electron chi connectivity index (χ2n) is 9.97. The van der Waals surface area contributed by atoms with Gasteiger partial charge in [-0.3, -0.25) is 0 Å². The van der Waals surface area contributed by atoms with Gasteiger partial charge in [0.15, 0.2) is 0 Å². The van der Waals surface area contributed by atoms with Gasteiger partial charge in [0.2, 0.25) is 0 Å². The Morgan fingerprint density at radius 3 is 2.34 bits per heavy atom. The highest BCUT2D eigenvalue weighted by molar-refractivity contribution is 5.22. The van der Waals surface area contributed by atoms with Gasteiger partial charge in [0.1, 0.15) is 0 Å². The standard InChI is InChI=1S/C27H45NO/c1-5-21(3)19-22(6-2)20-28-17-15-24(16-18-28)27(23-11-8-7-9-12-23)25-13-10-14-26(25)29-4/h7-9,11-12,21-22,24-27H,5-6,10,13-20H2,1-4H3/t21?,22?,25-,26-,27?/m0/s1. The molecular formula is C27H45NO. The van der Waals surface area contributed by atoms with E-state index in [1.807, 2.05) is 7.11 Å². The van der Waals surface area contributed by atoms with Gasteiger partial charge in [0, 0.05) is 13.7 Å². The summed E-state index contributed by atoms with van der Waals surface area (Å²) in [5, 5.41) is 0. The molecule has 0 N–H and O–H groups in total. The molecule has 3 unspecified atom stereocenters. The van der Waals surface area contributed by atoms with Gasteiger partial charge in [-0.05, 0) is 80.3 Å². The van der Waals surface area contributed by atoms with Crippen molar-refractivity contribution < 1.29 is 4.74 Å². The van der Waals surface area contributed by atoms with E-state index in [0.29, 0.717) is 17.9 Å². The number of piperidine rings is 1. The van der Waals surface area contributed by atoms with E-state index in [1.165, 1.54) is 71.0 Å². The quantitative estimate of drug-likeness (QED) is 0.431. The molecule has 0 bridgehead atoms. The summed E-state index contributed by atoms with van der Waals surface area (Å²) in [6, 6.07) is 11.4. The van der Waals surface area contributed by atoms with E-state index in [9.17, 15) is 0 Å². The van der Waals surface area contributed by atoms with Crippen LogP contribution in [0.3, 0.4) is 0 Å². The zero-order valence-electron chi connectivity index (χ0n) is 19.5. The first-order valence-electron chi connectivity index (χ1n) is 12.5. The Hall–Kier alpha value is -0.860. The van der Waals surface area contributed by atoms with E-state index in [2.05, 4.69) is 56.0 Å². The second kappa shape index (κ2) is 11.5. The van der Waals surface area contributed by atoms with Gasteiger partial charge < -0.3 is 9.64 Å². The van der Waals surface area contributed by atoms with Gasteiger partial charge in [-0.25, -0.2) is 0 Å². The van der Waals surface area contributed by atoms with Crippen molar-refractivity contribution in [1.82, 2.24) is 4.90 Å². The highest BCUT2D eigenvalue weighted by Gasteiger charge is 2.39. The van der Waals surface area contributed by atoms with Gasteiger partial charge >= 0.3 is 0 Å². The van der Waals surface area contributed by atoms with Crippen LogP contribution in [0.2, 0.25) is 0 Å². The predicted molar refractivity (Wildman–Crippen MR) is 124 cm³/mol. The van der Waals surface area contributed by atoms with Crippen LogP contribution in [0.5, 0.6) is 0 Å². The van der Waals surface area contributed by atoms with Crippen LogP contribution in [-0.2, 0) is 4.74 Å². The number of hydrogen-bond donors (Lipinski definition) is 0. The number of ether oxygens (including phenoxy) is 1. The molecule has 29 heavy (non-hydrogen) atoms. The summed E-state index contributed by atoms with van der Waals surface area (Å²) in [4.78, 5) is 2.78. The lowest BCUT2D eigenvalue weighted by Crippen LogP contribution is -2.40. The van der Waals surface area contributed by atoms with Crippen molar-refractivity contribution in [2.45, 2.75) is 84.2 Å². The minimum Gasteiger partial charge on any atom is -0.381 e. The largest absolute Gasteiger partial charge is 0.381 e. The molecule has 2 nitrogen and oxygen atoms in total. The third-order valence-corrected chi connectivity index (χ3v) is 8.12. The molecular weight excluding hydrogens is 354 g/mol. The van der Waals surface area contributed by atoms with Gasteiger partial charge in [-0.15, -0.1) is 0 Å². The SMILES string of the molecule is CCC(C)CC(CC)CN1CCC(C(c2ccccc2)[C@H]2CCC[C@@H]2OC)CC1. The first-order chi connectivity index (χ1) is 14.2. The number of benzene rings is 1. The average molecular weight is 400 g/mol. The molecule has 1 aromatic carbocycles. The molecule has 1 aliphatic heterocycles. The minimum atomic E-state index is 0.457. The third-order valence-electron chi connectivity index (χ3n) is 8.12. The fraction of sp³-hybridized carbons (Fsp3) is 0.778. The van der Waals surface area contributed by atoms with E-state index >= 15 is 0 Å². The number of nitrogens with zero attached hydrogens (tertiary/aromatic N) is 1. The molecule has 0 radical (unpaired) electrons. The molecule has 1 aliphatic carbocycles. The van der Waals surface area contributed by atoms with E-state index in [-0.39, 0.29) is 0 Å². The summed E-state index contributed by atoms with van der Waals surface area (Å²) >= 11 is 0. The smallest absolute Gasteiger partial charge is 0.0605 e. The fourth-order valence-corrected chi connectivity index (χ4v) is 6.17. The molecule has 2 aliphatic rings. The Labute approximate surface area is 180 Å². The topological polar surface area (TPSA) is 12.5 Å². The van der Waals surface area contributed by atoms with Crippen LogP contribution in [0.4, 0.5) is 0 Å². The Bertz CT molecular complexity index is 565. The summed E-state index contributed by atoms with van der Waals surface area (Å²) in [5.74, 6) is 3.93. The van der Waals surface area contributed by atoms with Gasteiger partial charge in [0.05, 0.1) is 6.10 Å². The Balaban J connectivity index is 1.63. The monoisotopic (exact) mass is 399 g/mol. The van der Waals surface area contributed by atoms with E-state index in [4.69, 9.17) is 4.74 Å². The Morgan fingerprint density at radius 2 is 1.72 bits per heavy atom. The molecule has 1 saturated heterocycles. The maximum atomic E-state index is 5.94. The van der Waals surface area contributed by atoms with Gasteiger partial charge in [-0.1, -0.05) is 70.4 Å². The lowest BCUT2D eigenvalue weighted by atomic mass is 9.71.